The van der Waals surface area contributed by atoms with Crippen LogP contribution in [0.2, 0.25) is 5.02 Å². The standard InChI is InChI=1S/C16H22ClNO3/c1-21-15-9-14(17)6-5-13(15)11-18-8-2-3-12(10-18)4-7-16(19)20/h5-6,9,12H,2-4,7-8,10-11H2,1H3,(H,19,20). The molecule has 2 rings (SSSR count). The molecule has 5 heteroatoms. The Morgan fingerprint density at radius 1 is 1.52 bits per heavy atom. The van der Waals surface area contributed by atoms with Crippen LogP contribution >= 0.6 is 11.6 Å². The molecule has 0 radical (unpaired) electrons. The number of halogens is 1. The lowest BCUT2D eigenvalue weighted by molar-refractivity contribution is -0.137. The Balaban J connectivity index is 1.94. The van der Waals surface area contributed by atoms with Crippen LogP contribution in [0, 0.1) is 5.92 Å². The smallest absolute Gasteiger partial charge is 0.303 e. The molecule has 1 unspecified atom stereocenters. The van der Waals surface area contributed by atoms with Gasteiger partial charge in [0.15, 0.2) is 0 Å². The second kappa shape index (κ2) is 7.66. The van der Waals surface area contributed by atoms with Crippen LogP contribution in [-0.2, 0) is 11.3 Å². The number of rotatable bonds is 6. The summed E-state index contributed by atoms with van der Waals surface area (Å²) in [6.45, 7) is 2.83. The molecule has 1 N–H and O–H groups in total. The van der Waals surface area contributed by atoms with Gasteiger partial charge in [0.05, 0.1) is 7.11 Å². The van der Waals surface area contributed by atoms with Gasteiger partial charge in [0, 0.05) is 30.1 Å². The Morgan fingerprint density at radius 2 is 2.33 bits per heavy atom. The number of hydrogen-bond donors (Lipinski definition) is 1. The SMILES string of the molecule is COc1cc(Cl)ccc1CN1CCCC(CCC(=O)O)C1. The predicted octanol–water partition coefficient (Wildman–Crippen LogP) is 3.43. The van der Waals surface area contributed by atoms with E-state index >= 15 is 0 Å². The predicted molar refractivity (Wildman–Crippen MR) is 82.9 cm³/mol. The third-order valence-corrected chi connectivity index (χ3v) is 4.25. The van der Waals surface area contributed by atoms with Crippen LogP contribution in [0.4, 0.5) is 0 Å². The number of hydrogen-bond acceptors (Lipinski definition) is 3. The molecule has 0 aromatic heterocycles. The number of piperidine rings is 1. The summed E-state index contributed by atoms with van der Waals surface area (Å²) in [7, 11) is 1.65. The topological polar surface area (TPSA) is 49.8 Å². The molecule has 0 aliphatic carbocycles. The number of carboxylic acids is 1. The highest BCUT2D eigenvalue weighted by molar-refractivity contribution is 6.30. The van der Waals surface area contributed by atoms with E-state index in [0.29, 0.717) is 10.9 Å². The van der Waals surface area contributed by atoms with Crippen LogP contribution in [0.25, 0.3) is 0 Å². The van der Waals surface area contributed by atoms with Gasteiger partial charge in [-0.2, -0.15) is 0 Å². The molecule has 1 saturated heterocycles. The summed E-state index contributed by atoms with van der Waals surface area (Å²) < 4.78 is 5.38. The fraction of sp³-hybridized carbons (Fsp3) is 0.562. The van der Waals surface area contributed by atoms with Crippen LogP contribution in [0.1, 0.15) is 31.2 Å². The molecule has 1 aromatic rings. The number of carboxylic acid groups (broad SMARTS) is 1. The van der Waals surface area contributed by atoms with Crippen molar-refractivity contribution in [3.8, 4) is 5.75 Å². The molecule has 0 bridgehead atoms. The summed E-state index contributed by atoms with van der Waals surface area (Å²) >= 11 is 5.98. The summed E-state index contributed by atoms with van der Waals surface area (Å²) in [6.07, 6.45) is 3.29. The third kappa shape index (κ3) is 4.90. The number of nitrogens with zero attached hydrogens (tertiary/aromatic N) is 1. The molecule has 1 aromatic carbocycles. The number of methoxy groups -OCH3 is 1. The summed E-state index contributed by atoms with van der Waals surface area (Å²) in [5.74, 6) is 0.592. The molecule has 1 aliphatic rings. The van der Waals surface area contributed by atoms with Gasteiger partial charge in [-0.1, -0.05) is 17.7 Å². The maximum Gasteiger partial charge on any atom is 0.303 e. The van der Waals surface area contributed by atoms with Crippen LogP contribution < -0.4 is 4.74 Å². The first-order chi connectivity index (χ1) is 10.1. The second-order valence-electron chi connectivity index (χ2n) is 5.63. The van der Waals surface area contributed by atoms with E-state index in [9.17, 15) is 4.79 Å². The number of carbonyl (C=O) groups is 1. The molecule has 0 spiro atoms. The Bertz CT molecular complexity index is 492. The molecule has 4 nitrogen and oxygen atoms in total. The second-order valence-corrected chi connectivity index (χ2v) is 6.07. The zero-order valence-corrected chi connectivity index (χ0v) is 13.1. The number of ether oxygens (including phenoxy) is 1. The number of benzene rings is 1. The number of aliphatic carboxylic acids is 1. The molecule has 116 valence electrons. The van der Waals surface area contributed by atoms with Gasteiger partial charge in [0.25, 0.3) is 0 Å². The largest absolute Gasteiger partial charge is 0.496 e. The van der Waals surface area contributed by atoms with Crippen molar-refractivity contribution in [3.63, 3.8) is 0 Å². The van der Waals surface area contributed by atoms with Gasteiger partial charge in [-0.15, -0.1) is 0 Å². The van der Waals surface area contributed by atoms with Crippen molar-refractivity contribution in [3.05, 3.63) is 28.8 Å². The van der Waals surface area contributed by atoms with Gasteiger partial charge in [-0.25, -0.2) is 0 Å². The van der Waals surface area contributed by atoms with Crippen molar-refractivity contribution in [2.24, 2.45) is 5.92 Å². The minimum atomic E-state index is -0.702. The van der Waals surface area contributed by atoms with Crippen LogP contribution in [-0.4, -0.2) is 36.2 Å². The fourth-order valence-corrected chi connectivity index (χ4v) is 3.11. The molecule has 0 amide bonds. The molecule has 1 aliphatic heterocycles. The molecular weight excluding hydrogens is 290 g/mol. The average Bonchev–Trinajstić information content (AvgIpc) is 2.47. The van der Waals surface area contributed by atoms with Gasteiger partial charge < -0.3 is 9.84 Å². The lowest BCUT2D eigenvalue weighted by atomic mass is 9.93. The van der Waals surface area contributed by atoms with E-state index in [0.717, 1.165) is 50.2 Å². The van der Waals surface area contributed by atoms with E-state index in [4.69, 9.17) is 21.4 Å². The van der Waals surface area contributed by atoms with E-state index in [1.165, 1.54) is 0 Å². The van der Waals surface area contributed by atoms with Gasteiger partial charge in [0.1, 0.15) is 5.75 Å². The van der Waals surface area contributed by atoms with E-state index in [2.05, 4.69) is 4.90 Å². The molecule has 1 atom stereocenters. The fourth-order valence-electron chi connectivity index (χ4n) is 2.95. The Kier molecular flexibility index (Phi) is 5.88. The van der Waals surface area contributed by atoms with Gasteiger partial charge in [0.2, 0.25) is 0 Å². The number of likely N-dealkylation sites (tertiary alicyclic amines) is 1. The monoisotopic (exact) mass is 311 g/mol. The van der Waals surface area contributed by atoms with Crippen molar-refractivity contribution in [1.29, 1.82) is 0 Å². The summed E-state index contributed by atoms with van der Waals surface area (Å²) in [6, 6.07) is 5.72. The Labute approximate surface area is 130 Å². The third-order valence-electron chi connectivity index (χ3n) is 4.01. The molecule has 0 saturated carbocycles. The average molecular weight is 312 g/mol. The molecule has 1 fully saturated rings. The highest BCUT2D eigenvalue weighted by Crippen LogP contribution is 2.27. The van der Waals surface area contributed by atoms with E-state index < -0.39 is 5.97 Å². The van der Waals surface area contributed by atoms with E-state index in [1.807, 2.05) is 18.2 Å². The van der Waals surface area contributed by atoms with Crippen LogP contribution in [0.15, 0.2) is 18.2 Å². The highest BCUT2D eigenvalue weighted by atomic mass is 35.5. The highest BCUT2D eigenvalue weighted by Gasteiger charge is 2.21. The van der Waals surface area contributed by atoms with Gasteiger partial charge in [-0.3, -0.25) is 9.69 Å². The van der Waals surface area contributed by atoms with Crippen molar-refractivity contribution in [1.82, 2.24) is 4.90 Å². The lowest BCUT2D eigenvalue weighted by Crippen LogP contribution is -2.35. The van der Waals surface area contributed by atoms with Gasteiger partial charge >= 0.3 is 5.97 Å². The summed E-state index contributed by atoms with van der Waals surface area (Å²) in [5, 5.41) is 9.47. The van der Waals surface area contributed by atoms with Crippen LogP contribution in [0.5, 0.6) is 5.75 Å². The lowest BCUT2D eigenvalue weighted by Gasteiger charge is -2.32. The summed E-state index contributed by atoms with van der Waals surface area (Å²) in [5.41, 5.74) is 1.13. The minimum absolute atomic E-state index is 0.267. The Hall–Kier alpha value is -1.26. The molecule has 1 heterocycles. The van der Waals surface area contributed by atoms with Crippen molar-refractivity contribution in [2.45, 2.75) is 32.2 Å². The van der Waals surface area contributed by atoms with E-state index in [-0.39, 0.29) is 6.42 Å². The first-order valence-electron chi connectivity index (χ1n) is 7.35. The minimum Gasteiger partial charge on any atom is -0.496 e. The molecular formula is C16H22ClNO3. The maximum absolute atomic E-state index is 10.7. The summed E-state index contributed by atoms with van der Waals surface area (Å²) in [4.78, 5) is 13.1. The van der Waals surface area contributed by atoms with E-state index in [1.54, 1.807) is 7.11 Å². The quantitative estimate of drug-likeness (QED) is 0.874. The Morgan fingerprint density at radius 3 is 3.05 bits per heavy atom. The zero-order valence-electron chi connectivity index (χ0n) is 12.3. The van der Waals surface area contributed by atoms with Crippen molar-refractivity contribution in [2.75, 3.05) is 20.2 Å². The first-order valence-corrected chi connectivity index (χ1v) is 7.73. The van der Waals surface area contributed by atoms with Gasteiger partial charge in [-0.05, 0) is 43.9 Å². The normalized spacial score (nSPS) is 19.4. The first kappa shape index (κ1) is 16.1. The van der Waals surface area contributed by atoms with Crippen molar-refractivity contribution >= 4 is 17.6 Å². The molecule has 21 heavy (non-hydrogen) atoms. The van der Waals surface area contributed by atoms with Crippen LogP contribution in [0.3, 0.4) is 0 Å². The maximum atomic E-state index is 10.7. The zero-order chi connectivity index (χ0) is 15.2. The van der Waals surface area contributed by atoms with Crippen molar-refractivity contribution < 1.29 is 14.6 Å².